The maximum Gasteiger partial charge on any atom is 0.241 e. The highest BCUT2D eigenvalue weighted by Gasteiger charge is 2.29. The molecule has 3 rings (SSSR count). The Morgan fingerprint density at radius 3 is 2.62 bits per heavy atom. The third-order valence-corrected chi connectivity index (χ3v) is 3.99. The molecule has 1 aromatic rings. The number of rotatable bonds is 2. The Labute approximate surface area is 123 Å². The van der Waals surface area contributed by atoms with Crippen LogP contribution in [0.4, 0.5) is 10.1 Å². The number of halogens is 1. The number of morpholine rings is 1. The second kappa shape index (κ2) is 6.41. The molecule has 6 heteroatoms. The molecule has 0 radical (unpaired) electrons. The fourth-order valence-corrected chi connectivity index (χ4v) is 2.81. The predicted octanol–water partition coefficient (Wildman–Crippen LogP) is 0.463. The van der Waals surface area contributed by atoms with Gasteiger partial charge in [0.15, 0.2) is 0 Å². The molecule has 1 N–H and O–H groups in total. The lowest BCUT2D eigenvalue weighted by atomic mass is 10.1. The number of benzene rings is 1. The number of piperazine rings is 1. The third-order valence-electron chi connectivity index (χ3n) is 3.99. The van der Waals surface area contributed by atoms with Crippen molar-refractivity contribution in [1.82, 2.24) is 10.2 Å². The standard InChI is InChI=1S/C15H20FN3O2/c16-12-1-3-13(4-2-12)19-6-5-17-14(11-19)15(20)18-7-9-21-10-8-18/h1-4,14,17H,5-11H2/t14-/m1/s1. The lowest BCUT2D eigenvalue weighted by Crippen LogP contribution is -2.59. The van der Waals surface area contributed by atoms with Crippen LogP contribution in [0, 0.1) is 5.82 Å². The topological polar surface area (TPSA) is 44.8 Å². The fraction of sp³-hybridized carbons (Fsp3) is 0.533. The Kier molecular flexibility index (Phi) is 4.36. The average Bonchev–Trinajstić information content (AvgIpc) is 2.56. The minimum absolute atomic E-state index is 0.130. The molecule has 1 atom stereocenters. The van der Waals surface area contributed by atoms with Gasteiger partial charge in [-0.05, 0) is 24.3 Å². The van der Waals surface area contributed by atoms with Gasteiger partial charge in [0.2, 0.25) is 5.91 Å². The summed E-state index contributed by atoms with van der Waals surface area (Å²) in [7, 11) is 0. The van der Waals surface area contributed by atoms with Gasteiger partial charge in [-0.2, -0.15) is 0 Å². The van der Waals surface area contributed by atoms with E-state index in [1.54, 1.807) is 12.1 Å². The van der Waals surface area contributed by atoms with E-state index in [2.05, 4.69) is 10.2 Å². The van der Waals surface area contributed by atoms with E-state index >= 15 is 0 Å². The highest BCUT2D eigenvalue weighted by molar-refractivity contribution is 5.83. The normalized spacial score (nSPS) is 23.2. The van der Waals surface area contributed by atoms with Crippen molar-refractivity contribution in [3.63, 3.8) is 0 Å². The summed E-state index contributed by atoms with van der Waals surface area (Å²) in [5.41, 5.74) is 0.956. The molecule has 2 heterocycles. The molecule has 5 nitrogen and oxygen atoms in total. The molecule has 0 aromatic heterocycles. The van der Waals surface area contributed by atoms with Crippen LogP contribution < -0.4 is 10.2 Å². The number of ether oxygens (including phenoxy) is 1. The van der Waals surface area contributed by atoms with Crippen LogP contribution in [-0.4, -0.2) is 62.8 Å². The molecular weight excluding hydrogens is 273 g/mol. The second-order valence-electron chi connectivity index (χ2n) is 5.37. The molecular formula is C15H20FN3O2. The molecule has 0 spiro atoms. The van der Waals surface area contributed by atoms with Gasteiger partial charge < -0.3 is 19.9 Å². The zero-order valence-corrected chi connectivity index (χ0v) is 11.9. The van der Waals surface area contributed by atoms with Crippen LogP contribution in [0.5, 0.6) is 0 Å². The van der Waals surface area contributed by atoms with Gasteiger partial charge in [0.1, 0.15) is 11.9 Å². The van der Waals surface area contributed by atoms with Crippen molar-refractivity contribution >= 4 is 11.6 Å². The zero-order chi connectivity index (χ0) is 14.7. The molecule has 0 bridgehead atoms. The van der Waals surface area contributed by atoms with Crippen LogP contribution >= 0.6 is 0 Å². The van der Waals surface area contributed by atoms with Crippen LogP contribution in [0.3, 0.4) is 0 Å². The molecule has 2 aliphatic rings. The summed E-state index contributed by atoms with van der Waals surface area (Å²) < 4.78 is 18.3. The quantitative estimate of drug-likeness (QED) is 0.860. The number of anilines is 1. The maximum atomic E-state index is 13.0. The highest BCUT2D eigenvalue weighted by atomic mass is 19.1. The van der Waals surface area contributed by atoms with Crippen molar-refractivity contribution in [3.8, 4) is 0 Å². The molecule has 2 aliphatic heterocycles. The summed E-state index contributed by atoms with van der Waals surface area (Å²) >= 11 is 0. The first-order chi connectivity index (χ1) is 10.2. The van der Waals surface area contributed by atoms with E-state index in [9.17, 15) is 9.18 Å². The number of carbonyl (C=O) groups is 1. The van der Waals surface area contributed by atoms with Gasteiger partial charge in [0, 0.05) is 38.4 Å². The van der Waals surface area contributed by atoms with Crippen molar-refractivity contribution in [2.45, 2.75) is 6.04 Å². The number of nitrogens with zero attached hydrogens (tertiary/aromatic N) is 2. The van der Waals surface area contributed by atoms with Crippen molar-refractivity contribution in [2.24, 2.45) is 0 Å². The van der Waals surface area contributed by atoms with Gasteiger partial charge in [0.25, 0.3) is 0 Å². The zero-order valence-electron chi connectivity index (χ0n) is 11.9. The van der Waals surface area contributed by atoms with Crippen LogP contribution in [0.1, 0.15) is 0 Å². The SMILES string of the molecule is O=C([C@H]1CN(c2ccc(F)cc2)CCN1)N1CCOCC1. The summed E-state index contributed by atoms with van der Waals surface area (Å²) in [6, 6.07) is 6.22. The Morgan fingerprint density at radius 1 is 1.19 bits per heavy atom. The van der Waals surface area contributed by atoms with E-state index in [1.165, 1.54) is 12.1 Å². The summed E-state index contributed by atoms with van der Waals surface area (Å²) in [5.74, 6) is -0.111. The number of hydrogen-bond acceptors (Lipinski definition) is 4. The first-order valence-electron chi connectivity index (χ1n) is 7.34. The van der Waals surface area contributed by atoms with Gasteiger partial charge in [0.05, 0.1) is 13.2 Å². The molecule has 1 aromatic carbocycles. The minimum atomic E-state index is -0.241. The average molecular weight is 293 g/mol. The summed E-state index contributed by atoms with van der Waals surface area (Å²) in [6.45, 7) is 4.72. The molecule has 114 valence electrons. The lowest BCUT2D eigenvalue weighted by Gasteiger charge is -2.37. The lowest BCUT2D eigenvalue weighted by molar-refractivity contribution is -0.137. The number of nitrogens with one attached hydrogen (secondary N) is 1. The van der Waals surface area contributed by atoms with Gasteiger partial charge in [-0.3, -0.25) is 4.79 Å². The number of hydrogen-bond donors (Lipinski definition) is 1. The Morgan fingerprint density at radius 2 is 1.90 bits per heavy atom. The smallest absolute Gasteiger partial charge is 0.241 e. The predicted molar refractivity (Wildman–Crippen MR) is 77.8 cm³/mol. The van der Waals surface area contributed by atoms with Crippen LogP contribution in [-0.2, 0) is 9.53 Å². The Balaban J connectivity index is 1.64. The van der Waals surface area contributed by atoms with Gasteiger partial charge in [-0.1, -0.05) is 0 Å². The summed E-state index contributed by atoms with van der Waals surface area (Å²) in [5, 5.41) is 3.28. The Bertz CT molecular complexity index is 488. The van der Waals surface area contributed by atoms with E-state index < -0.39 is 0 Å². The van der Waals surface area contributed by atoms with E-state index in [0.717, 1.165) is 18.8 Å². The van der Waals surface area contributed by atoms with E-state index in [4.69, 9.17) is 4.74 Å². The minimum Gasteiger partial charge on any atom is -0.378 e. The number of carbonyl (C=O) groups excluding carboxylic acids is 1. The van der Waals surface area contributed by atoms with Gasteiger partial charge in [-0.15, -0.1) is 0 Å². The fourth-order valence-electron chi connectivity index (χ4n) is 2.81. The van der Waals surface area contributed by atoms with Crippen LogP contribution in [0.2, 0.25) is 0 Å². The van der Waals surface area contributed by atoms with Gasteiger partial charge >= 0.3 is 0 Å². The summed E-state index contributed by atoms with van der Waals surface area (Å²) in [6.07, 6.45) is 0. The van der Waals surface area contributed by atoms with Crippen LogP contribution in [0.25, 0.3) is 0 Å². The van der Waals surface area contributed by atoms with Crippen LogP contribution in [0.15, 0.2) is 24.3 Å². The van der Waals surface area contributed by atoms with Crippen molar-refractivity contribution < 1.29 is 13.9 Å². The van der Waals surface area contributed by atoms with E-state index in [1.807, 2.05) is 4.90 Å². The number of amides is 1. The van der Waals surface area contributed by atoms with E-state index in [-0.39, 0.29) is 17.8 Å². The molecule has 2 fully saturated rings. The maximum absolute atomic E-state index is 13.0. The monoisotopic (exact) mass is 293 g/mol. The molecule has 21 heavy (non-hydrogen) atoms. The van der Waals surface area contributed by atoms with Crippen molar-refractivity contribution in [1.29, 1.82) is 0 Å². The summed E-state index contributed by atoms with van der Waals surface area (Å²) in [4.78, 5) is 16.5. The van der Waals surface area contributed by atoms with Gasteiger partial charge in [-0.25, -0.2) is 4.39 Å². The molecule has 2 saturated heterocycles. The highest BCUT2D eigenvalue weighted by Crippen LogP contribution is 2.17. The first-order valence-corrected chi connectivity index (χ1v) is 7.34. The Hall–Kier alpha value is -1.66. The van der Waals surface area contributed by atoms with E-state index in [0.29, 0.717) is 32.8 Å². The molecule has 0 saturated carbocycles. The second-order valence-corrected chi connectivity index (χ2v) is 5.37. The first kappa shape index (κ1) is 14.3. The molecule has 0 aliphatic carbocycles. The molecule has 0 unspecified atom stereocenters. The van der Waals surface area contributed by atoms with Crippen molar-refractivity contribution in [3.05, 3.63) is 30.1 Å². The van der Waals surface area contributed by atoms with Crippen molar-refractivity contribution in [2.75, 3.05) is 50.8 Å². The largest absolute Gasteiger partial charge is 0.378 e. The third kappa shape index (κ3) is 3.33. The molecule has 1 amide bonds.